The van der Waals surface area contributed by atoms with Gasteiger partial charge in [0.2, 0.25) is 0 Å². The fraction of sp³-hybridized carbons (Fsp3) is 0.923. The zero-order valence-corrected chi connectivity index (χ0v) is 10.9. The van der Waals surface area contributed by atoms with Crippen molar-refractivity contribution in [3.05, 3.63) is 0 Å². The molecule has 0 saturated carbocycles. The molecule has 3 unspecified atom stereocenters. The van der Waals surface area contributed by atoms with Crippen LogP contribution in [0.1, 0.15) is 39.0 Å². The Morgan fingerprint density at radius 3 is 2.82 bits per heavy atom. The molecule has 0 spiro atoms. The molecule has 3 atom stereocenters. The highest BCUT2D eigenvalue weighted by Crippen LogP contribution is 2.26. The minimum atomic E-state index is -0.104. The Morgan fingerprint density at radius 1 is 1.35 bits per heavy atom. The lowest BCUT2D eigenvalue weighted by Gasteiger charge is -2.41. The first-order valence-corrected chi connectivity index (χ1v) is 6.81. The highest BCUT2D eigenvalue weighted by atomic mass is 16.5. The number of esters is 1. The van der Waals surface area contributed by atoms with Gasteiger partial charge in [-0.25, -0.2) is 0 Å². The highest BCUT2D eigenvalue weighted by Gasteiger charge is 2.36. The summed E-state index contributed by atoms with van der Waals surface area (Å²) in [6.45, 7) is 4.12. The van der Waals surface area contributed by atoms with Crippen LogP contribution in [-0.2, 0) is 9.53 Å². The van der Waals surface area contributed by atoms with Gasteiger partial charge < -0.3 is 10.1 Å². The minimum Gasteiger partial charge on any atom is -0.468 e. The van der Waals surface area contributed by atoms with Gasteiger partial charge in [0.05, 0.1) is 7.11 Å². The zero-order valence-electron chi connectivity index (χ0n) is 10.9. The monoisotopic (exact) mass is 240 g/mol. The zero-order chi connectivity index (χ0) is 12.3. The first kappa shape index (κ1) is 12.8. The summed E-state index contributed by atoms with van der Waals surface area (Å²) in [6, 6.07) is 0.982. The van der Waals surface area contributed by atoms with E-state index >= 15 is 0 Å². The molecular weight excluding hydrogens is 216 g/mol. The second-order valence-electron chi connectivity index (χ2n) is 5.20. The van der Waals surface area contributed by atoms with E-state index in [2.05, 4.69) is 10.2 Å². The van der Waals surface area contributed by atoms with Gasteiger partial charge in [-0.1, -0.05) is 6.42 Å². The van der Waals surface area contributed by atoms with Crippen molar-refractivity contribution in [3.8, 4) is 0 Å². The maximum atomic E-state index is 11.7. The summed E-state index contributed by atoms with van der Waals surface area (Å²) in [4.78, 5) is 14.0. The van der Waals surface area contributed by atoms with Crippen LogP contribution in [0.5, 0.6) is 0 Å². The molecule has 0 bridgehead atoms. The summed E-state index contributed by atoms with van der Waals surface area (Å²) in [7, 11) is 1.48. The van der Waals surface area contributed by atoms with Crippen molar-refractivity contribution in [1.82, 2.24) is 10.2 Å². The number of carbonyl (C=O) groups is 1. The second kappa shape index (κ2) is 5.83. The molecule has 2 saturated heterocycles. The number of nitrogens with one attached hydrogen (secondary N) is 1. The molecule has 2 heterocycles. The summed E-state index contributed by atoms with van der Waals surface area (Å²) in [5, 5.41) is 3.57. The standard InChI is InChI=1S/C13H24N2O2/c1-10(13(16)17-2)15-9-4-3-7-12(15)11-6-5-8-14-11/h10-12,14H,3-9H2,1-2H3. The number of hydrogen-bond acceptors (Lipinski definition) is 4. The van der Waals surface area contributed by atoms with E-state index in [0.29, 0.717) is 12.1 Å². The number of piperidine rings is 1. The van der Waals surface area contributed by atoms with Crippen LogP contribution in [0.2, 0.25) is 0 Å². The first-order chi connectivity index (χ1) is 8.24. The quantitative estimate of drug-likeness (QED) is 0.752. The first-order valence-electron chi connectivity index (χ1n) is 6.81. The van der Waals surface area contributed by atoms with E-state index in [-0.39, 0.29) is 12.0 Å². The van der Waals surface area contributed by atoms with Gasteiger partial charge in [-0.2, -0.15) is 0 Å². The highest BCUT2D eigenvalue weighted by molar-refractivity contribution is 5.75. The fourth-order valence-corrected chi connectivity index (χ4v) is 3.24. The van der Waals surface area contributed by atoms with Gasteiger partial charge in [-0.15, -0.1) is 0 Å². The molecule has 0 aromatic rings. The van der Waals surface area contributed by atoms with Crippen LogP contribution in [-0.4, -0.2) is 49.2 Å². The predicted molar refractivity (Wildman–Crippen MR) is 66.8 cm³/mol. The average Bonchev–Trinajstić information content (AvgIpc) is 2.90. The number of nitrogens with zero attached hydrogens (tertiary/aromatic N) is 1. The van der Waals surface area contributed by atoms with Crippen LogP contribution in [0.25, 0.3) is 0 Å². The van der Waals surface area contributed by atoms with Gasteiger partial charge in [0.1, 0.15) is 6.04 Å². The number of hydrogen-bond donors (Lipinski definition) is 1. The van der Waals surface area contributed by atoms with Crippen LogP contribution in [0.4, 0.5) is 0 Å². The van der Waals surface area contributed by atoms with Crippen molar-refractivity contribution in [2.45, 2.75) is 57.2 Å². The molecule has 0 aromatic heterocycles. The van der Waals surface area contributed by atoms with Gasteiger partial charge in [-0.05, 0) is 45.7 Å². The van der Waals surface area contributed by atoms with E-state index < -0.39 is 0 Å². The molecule has 1 N–H and O–H groups in total. The molecular formula is C13H24N2O2. The molecule has 17 heavy (non-hydrogen) atoms. The number of carbonyl (C=O) groups excluding carboxylic acids is 1. The van der Waals surface area contributed by atoms with Crippen LogP contribution < -0.4 is 5.32 Å². The molecule has 0 radical (unpaired) electrons. The van der Waals surface area contributed by atoms with Crippen molar-refractivity contribution in [2.24, 2.45) is 0 Å². The van der Waals surface area contributed by atoms with Crippen LogP contribution in [0.3, 0.4) is 0 Å². The van der Waals surface area contributed by atoms with Crippen molar-refractivity contribution in [2.75, 3.05) is 20.2 Å². The maximum Gasteiger partial charge on any atom is 0.322 e. The second-order valence-corrected chi connectivity index (χ2v) is 5.20. The maximum absolute atomic E-state index is 11.7. The van der Waals surface area contributed by atoms with Crippen molar-refractivity contribution >= 4 is 5.97 Å². The molecule has 4 nitrogen and oxygen atoms in total. The Bertz CT molecular complexity index is 264. The largest absolute Gasteiger partial charge is 0.468 e. The van der Waals surface area contributed by atoms with Gasteiger partial charge in [0, 0.05) is 12.1 Å². The summed E-state index contributed by atoms with van der Waals surface area (Å²) in [5.74, 6) is -0.102. The number of likely N-dealkylation sites (tertiary alicyclic amines) is 1. The Morgan fingerprint density at radius 2 is 2.18 bits per heavy atom. The molecule has 2 rings (SSSR count). The van der Waals surface area contributed by atoms with Gasteiger partial charge in [0.25, 0.3) is 0 Å². The van der Waals surface area contributed by atoms with Crippen LogP contribution in [0, 0.1) is 0 Å². The molecule has 4 heteroatoms. The summed E-state index contributed by atoms with van der Waals surface area (Å²) >= 11 is 0. The Labute approximate surface area is 104 Å². The van der Waals surface area contributed by atoms with E-state index in [0.717, 1.165) is 13.1 Å². The van der Waals surface area contributed by atoms with Crippen LogP contribution in [0.15, 0.2) is 0 Å². The Hall–Kier alpha value is -0.610. The number of ether oxygens (including phenoxy) is 1. The van der Waals surface area contributed by atoms with E-state index in [1.54, 1.807) is 0 Å². The van der Waals surface area contributed by atoms with Gasteiger partial charge >= 0.3 is 5.97 Å². The van der Waals surface area contributed by atoms with Crippen molar-refractivity contribution in [3.63, 3.8) is 0 Å². The Kier molecular flexibility index (Phi) is 4.40. The molecule has 0 aromatic carbocycles. The van der Waals surface area contributed by atoms with Gasteiger partial charge in [-0.3, -0.25) is 9.69 Å². The predicted octanol–water partition coefficient (Wildman–Crippen LogP) is 1.15. The van der Waals surface area contributed by atoms with Crippen LogP contribution >= 0.6 is 0 Å². The van der Waals surface area contributed by atoms with E-state index in [1.165, 1.54) is 39.2 Å². The molecule has 0 amide bonds. The average molecular weight is 240 g/mol. The molecule has 2 aliphatic rings. The normalized spacial score (nSPS) is 32.4. The summed E-state index contributed by atoms with van der Waals surface area (Å²) in [6.07, 6.45) is 6.20. The lowest BCUT2D eigenvalue weighted by Crippen LogP contribution is -2.55. The molecule has 0 aliphatic carbocycles. The smallest absolute Gasteiger partial charge is 0.322 e. The topological polar surface area (TPSA) is 41.6 Å². The fourth-order valence-electron chi connectivity index (χ4n) is 3.24. The lowest BCUT2D eigenvalue weighted by atomic mass is 9.93. The molecule has 98 valence electrons. The lowest BCUT2D eigenvalue weighted by molar-refractivity contribution is -0.148. The van der Waals surface area contributed by atoms with E-state index in [4.69, 9.17) is 4.74 Å². The number of methoxy groups -OCH3 is 1. The summed E-state index contributed by atoms with van der Waals surface area (Å²) < 4.78 is 4.88. The molecule has 2 aliphatic heterocycles. The molecule has 2 fully saturated rings. The number of rotatable bonds is 3. The Balaban J connectivity index is 2.03. The summed E-state index contributed by atoms with van der Waals surface area (Å²) in [5.41, 5.74) is 0. The third kappa shape index (κ3) is 2.80. The van der Waals surface area contributed by atoms with Crippen molar-refractivity contribution < 1.29 is 9.53 Å². The van der Waals surface area contributed by atoms with E-state index in [9.17, 15) is 4.79 Å². The van der Waals surface area contributed by atoms with Gasteiger partial charge in [0.15, 0.2) is 0 Å². The third-order valence-corrected chi connectivity index (χ3v) is 4.19. The minimum absolute atomic E-state index is 0.102. The SMILES string of the molecule is COC(=O)C(C)N1CCCCC1C1CCCN1. The van der Waals surface area contributed by atoms with E-state index in [1.807, 2.05) is 6.92 Å². The van der Waals surface area contributed by atoms with Crippen molar-refractivity contribution in [1.29, 1.82) is 0 Å². The third-order valence-electron chi connectivity index (χ3n) is 4.19.